The molecule has 2 amide bonds. The van der Waals surface area contributed by atoms with E-state index in [1.807, 2.05) is 42.5 Å². The second-order valence-electron chi connectivity index (χ2n) is 7.76. The van der Waals surface area contributed by atoms with Crippen LogP contribution in [0.4, 0.5) is 16.2 Å². The van der Waals surface area contributed by atoms with Gasteiger partial charge in [-0.05, 0) is 64.5 Å². The molecule has 172 valence electrons. The van der Waals surface area contributed by atoms with Crippen LogP contribution < -0.4 is 9.64 Å². The molecule has 5 rings (SSSR count). The predicted octanol–water partition coefficient (Wildman–Crippen LogP) is 6.57. The molecule has 0 spiro atoms. The van der Waals surface area contributed by atoms with Crippen molar-refractivity contribution in [3.8, 4) is 5.75 Å². The number of benzene rings is 4. The summed E-state index contributed by atoms with van der Waals surface area (Å²) in [4.78, 5) is 37.7. The first-order valence-electron chi connectivity index (χ1n) is 10.7. The van der Waals surface area contributed by atoms with Crippen molar-refractivity contribution in [3.63, 3.8) is 0 Å². The van der Waals surface area contributed by atoms with Crippen LogP contribution in [0.3, 0.4) is 0 Å². The van der Waals surface area contributed by atoms with Gasteiger partial charge in [-0.3, -0.25) is 19.7 Å². The Kier molecular flexibility index (Phi) is 6.03. The first-order chi connectivity index (χ1) is 17.0. The summed E-state index contributed by atoms with van der Waals surface area (Å²) in [6.45, 7) is 0.183. The van der Waals surface area contributed by atoms with E-state index in [0.717, 1.165) is 28.1 Å². The van der Waals surface area contributed by atoms with Crippen LogP contribution >= 0.6 is 11.8 Å². The lowest BCUT2D eigenvalue weighted by atomic mass is 10.0. The molecule has 0 aliphatic carbocycles. The smallest absolute Gasteiger partial charge is 0.298 e. The van der Waals surface area contributed by atoms with Crippen molar-refractivity contribution in [2.24, 2.45) is 0 Å². The van der Waals surface area contributed by atoms with Gasteiger partial charge in [-0.1, -0.05) is 48.5 Å². The number of anilines is 1. The van der Waals surface area contributed by atoms with Gasteiger partial charge in [-0.25, -0.2) is 4.90 Å². The van der Waals surface area contributed by atoms with Crippen molar-refractivity contribution in [3.05, 3.63) is 117 Å². The Morgan fingerprint density at radius 1 is 0.886 bits per heavy atom. The third-order valence-corrected chi connectivity index (χ3v) is 6.43. The van der Waals surface area contributed by atoms with Crippen LogP contribution in [0, 0.1) is 10.1 Å². The molecule has 1 aliphatic heterocycles. The summed E-state index contributed by atoms with van der Waals surface area (Å²) in [5, 5.41) is 12.4. The first kappa shape index (κ1) is 22.4. The lowest BCUT2D eigenvalue weighted by Crippen LogP contribution is -2.27. The van der Waals surface area contributed by atoms with E-state index < -0.39 is 4.92 Å². The molecule has 0 radical (unpaired) electrons. The molecular formula is C27H18N2O5S. The van der Waals surface area contributed by atoms with Gasteiger partial charge < -0.3 is 4.74 Å². The largest absolute Gasteiger partial charge is 0.488 e. The van der Waals surface area contributed by atoms with E-state index in [0.29, 0.717) is 21.9 Å². The van der Waals surface area contributed by atoms with Crippen molar-refractivity contribution in [2.45, 2.75) is 6.61 Å². The molecule has 7 nitrogen and oxygen atoms in total. The highest BCUT2D eigenvalue weighted by atomic mass is 32.2. The van der Waals surface area contributed by atoms with Gasteiger partial charge in [0.05, 0.1) is 15.5 Å². The normalized spacial score (nSPS) is 14.6. The van der Waals surface area contributed by atoms with E-state index in [1.54, 1.807) is 42.5 Å². The fraction of sp³-hybridized carbons (Fsp3) is 0.0370. The maximum atomic E-state index is 13.2. The minimum absolute atomic E-state index is 0.00860. The summed E-state index contributed by atoms with van der Waals surface area (Å²) in [5.41, 5.74) is 1.97. The van der Waals surface area contributed by atoms with Gasteiger partial charge in [0, 0.05) is 17.7 Å². The Morgan fingerprint density at radius 3 is 2.34 bits per heavy atom. The van der Waals surface area contributed by atoms with Crippen LogP contribution in [0.2, 0.25) is 0 Å². The molecule has 4 aromatic carbocycles. The number of amides is 2. The number of fused-ring (bicyclic) bond motifs is 1. The average Bonchev–Trinajstić information content (AvgIpc) is 3.16. The van der Waals surface area contributed by atoms with Crippen LogP contribution in [0.1, 0.15) is 11.1 Å². The topological polar surface area (TPSA) is 89.7 Å². The molecule has 8 heteroatoms. The van der Waals surface area contributed by atoms with Gasteiger partial charge in [0.2, 0.25) is 0 Å². The average molecular weight is 483 g/mol. The number of carbonyl (C=O) groups excluding carboxylic acids is 2. The number of rotatable bonds is 6. The highest BCUT2D eigenvalue weighted by molar-refractivity contribution is 8.19. The zero-order chi connectivity index (χ0) is 24.4. The van der Waals surface area contributed by atoms with Gasteiger partial charge in [0.25, 0.3) is 16.8 Å². The summed E-state index contributed by atoms with van der Waals surface area (Å²) >= 11 is 0.887. The predicted molar refractivity (Wildman–Crippen MR) is 136 cm³/mol. The van der Waals surface area contributed by atoms with E-state index in [-0.39, 0.29) is 23.4 Å². The molecule has 0 N–H and O–H groups in total. The SMILES string of the molecule is O=C1S/C(=C/c2c(OCc3ccc([N+](=O)[O-])cc3)ccc3ccccc23)C(=O)N1c1ccccc1. The minimum Gasteiger partial charge on any atom is -0.488 e. The van der Waals surface area contributed by atoms with E-state index in [4.69, 9.17) is 4.74 Å². The van der Waals surface area contributed by atoms with Crippen molar-refractivity contribution in [2.75, 3.05) is 4.90 Å². The molecule has 35 heavy (non-hydrogen) atoms. The highest BCUT2D eigenvalue weighted by Gasteiger charge is 2.36. The maximum absolute atomic E-state index is 13.2. The van der Waals surface area contributed by atoms with E-state index in [2.05, 4.69) is 0 Å². The van der Waals surface area contributed by atoms with Crippen LogP contribution in [-0.4, -0.2) is 16.1 Å². The van der Waals surface area contributed by atoms with E-state index >= 15 is 0 Å². The van der Waals surface area contributed by atoms with Gasteiger partial charge in [-0.2, -0.15) is 0 Å². The highest BCUT2D eigenvalue weighted by Crippen LogP contribution is 2.38. The molecule has 0 aromatic heterocycles. The number of ether oxygens (including phenoxy) is 1. The number of non-ortho nitro benzene ring substituents is 1. The Hall–Kier alpha value is -4.43. The van der Waals surface area contributed by atoms with Crippen LogP contribution in [0.5, 0.6) is 5.75 Å². The zero-order valence-electron chi connectivity index (χ0n) is 18.3. The van der Waals surface area contributed by atoms with Crippen molar-refractivity contribution >= 4 is 51.1 Å². The van der Waals surface area contributed by atoms with Crippen molar-refractivity contribution < 1.29 is 19.2 Å². The molecular weight excluding hydrogens is 464 g/mol. The van der Waals surface area contributed by atoms with Crippen LogP contribution in [0.25, 0.3) is 16.8 Å². The summed E-state index contributed by atoms with van der Waals surface area (Å²) in [5.74, 6) is 0.147. The second-order valence-corrected chi connectivity index (χ2v) is 8.76. The maximum Gasteiger partial charge on any atom is 0.298 e. The molecule has 1 aliphatic rings. The first-order valence-corrected chi connectivity index (χ1v) is 11.5. The van der Waals surface area contributed by atoms with Gasteiger partial charge in [0.15, 0.2) is 0 Å². The quantitative estimate of drug-likeness (QED) is 0.175. The zero-order valence-corrected chi connectivity index (χ0v) is 19.1. The third kappa shape index (κ3) is 4.51. The Morgan fingerprint density at radius 2 is 1.60 bits per heavy atom. The molecule has 0 bridgehead atoms. The van der Waals surface area contributed by atoms with Gasteiger partial charge in [-0.15, -0.1) is 0 Å². The summed E-state index contributed by atoms with van der Waals surface area (Å²) < 4.78 is 6.08. The van der Waals surface area contributed by atoms with E-state index in [1.165, 1.54) is 17.0 Å². The minimum atomic E-state index is -0.450. The molecule has 0 atom stereocenters. The number of thioether (sulfide) groups is 1. The fourth-order valence-corrected chi connectivity index (χ4v) is 4.65. The lowest BCUT2D eigenvalue weighted by molar-refractivity contribution is -0.384. The molecule has 4 aromatic rings. The number of nitrogens with zero attached hydrogens (tertiary/aromatic N) is 2. The number of nitro groups is 1. The number of imide groups is 1. The number of carbonyl (C=O) groups is 2. The summed E-state index contributed by atoms with van der Waals surface area (Å²) in [6.07, 6.45) is 1.70. The number of hydrogen-bond donors (Lipinski definition) is 0. The van der Waals surface area contributed by atoms with Crippen LogP contribution in [-0.2, 0) is 11.4 Å². The fourth-order valence-electron chi connectivity index (χ4n) is 3.82. The Balaban J connectivity index is 1.50. The van der Waals surface area contributed by atoms with Crippen LogP contribution in [0.15, 0.2) is 95.9 Å². The van der Waals surface area contributed by atoms with E-state index in [9.17, 15) is 19.7 Å². The van der Waals surface area contributed by atoms with Gasteiger partial charge >= 0.3 is 0 Å². The molecule has 1 fully saturated rings. The number of para-hydroxylation sites is 1. The monoisotopic (exact) mass is 482 g/mol. The van der Waals surface area contributed by atoms with Crippen molar-refractivity contribution in [1.29, 1.82) is 0 Å². The van der Waals surface area contributed by atoms with Gasteiger partial charge in [0.1, 0.15) is 12.4 Å². The Bertz CT molecular complexity index is 1480. The molecule has 1 saturated heterocycles. The van der Waals surface area contributed by atoms with Crippen molar-refractivity contribution in [1.82, 2.24) is 0 Å². The molecule has 1 heterocycles. The Labute approximate surface area is 204 Å². The molecule has 0 unspecified atom stereocenters. The number of nitro benzene ring substituents is 1. The molecule has 0 saturated carbocycles. The standard InChI is InChI=1S/C27H18N2O5S/c30-26-25(35-27(31)28(26)20-7-2-1-3-8-20)16-23-22-9-5-4-6-19(22)12-15-24(23)34-17-18-10-13-21(14-11-18)29(32)33/h1-16H,17H2/b25-16+. The number of hydrogen-bond acceptors (Lipinski definition) is 6. The lowest BCUT2D eigenvalue weighted by Gasteiger charge is -2.13. The second kappa shape index (κ2) is 9.44. The summed E-state index contributed by atoms with van der Waals surface area (Å²) in [6, 6.07) is 26.4. The third-order valence-electron chi connectivity index (χ3n) is 5.56. The summed E-state index contributed by atoms with van der Waals surface area (Å²) in [7, 11) is 0.